The molecule has 0 atom stereocenters. The first-order valence-electron chi connectivity index (χ1n) is 1.72. The minimum absolute atomic E-state index is 0.259. The zero-order valence-electron chi connectivity index (χ0n) is 4.03. The second-order valence-electron chi connectivity index (χ2n) is 0.961. The summed E-state index contributed by atoms with van der Waals surface area (Å²) in [6, 6.07) is 0. The summed E-state index contributed by atoms with van der Waals surface area (Å²) < 4.78 is 0. The Morgan fingerprint density at radius 2 is 1.56 bits per heavy atom. The van der Waals surface area contributed by atoms with Crippen molar-refractivity contribution >= 4 is 28.1 Å². The highest BCUT2D eigenvalue weighted by Crippen LogP contribution is 2.01. The standard InChI is InChI=1S/C3H2O5S/c4-1(5)2(6)9-3(7)8/h(H,4,5)(H,7,8). The third kappa shape index (κ3) is 3.53. The molecule has 0 aliphatic rings. The van der Waals surface area contributed by atoms with Crippen LogP contribution in [0.5, 0.6) is 0 Å². The van der Waals surface area contributed by atoms with E-state index in [1.54, 1.807) is 0 Å². The van der Waals surface area contributed by atoms with Gasteiger partial charge in [-0.15, -0.1) is 0 Å². The maximum absolute atomic E-state index is 9.94. The highest BCUT2D eigenvalue weighted by atomic mass is 32.2. The monoisotopic (exact) mass is 150 g/mol. The molecular formula is C3H2O5S. The largest absolute Gasteiger partial charge is 0.475 e. The number of rotatable bonds is 0. The van der Waals surface area contributed by atoms with Crippen molar-refractivity contribution in [1.29, 1.82) is 0 Å². The summed E-state index contributed by atoms with van der Waals surface area (Å²) >= 11 is -0.259. The third-order valence-electron chi connectivity index (χ3n) is 0.355. The second-order valence-corrected chi connectivity index (χ2v) is 1.88. The maximum Gasteiger partial charge on any atom is 0.384 e. The molecule has 6 heteroatoms. The predicted octanol–water partition coefficient (Wildman–Crippen LogP) is 0.00880. The van der Waals surface area contributed by atoms with E-state index in [0.717, 1.165) is 0 Å². The van der Waals surface area contributed by atoms with Gasteiger partial charge in [-0.05, 0) is 0 Å². The first-order chi connectivity index (χ1) is 4.04. The Kier molecular flexibility index (Phi) is 2.72. The van der Waals surface area contributed by atoms with E-state index in [1.165, 1.54) is 0 Å². The SMILES string of the molecule is O=C(O)SC(=O)C(=O)O. The van der Waals surface area contributed by atoms with Crippen molar-refractivity contribution in [3.05, 3.63) is 0 Å². The molecule has 0 bridgehead atoms. The van der Waals surface area contributed by atoms with Crippen molar-refractivity contribution in [1.82, 2.24) is 0 Å². The molecule has 0 spiro atoms. The van der Waals surface area contributed by atoms with Crippen molar-refractivity contribution in [2.45, 2.75) is 0 Å². The number of hydrogen-bond acceptors (Lipinski definition) is 4. The van der Waals surface area contributed by atoms with Crippen LogP contribution in [0.15, 0.2) is 0 Å². The van der Waals surface area contributed by atoms with Crippen LogP contribution >= 0.6 is 11.8 Å². The molecule has 0 fully saturated rings. The van der Waals surface area contributed by atoms with E-state index in [2.05, 4.69) is 0 Å². The summed E-state index contributed by atoms with van der Waals surface area (Å²) in [5.74, 6) is -1.75. The average Bonchev–Trinajstić information content (AvgIpc) is 1.63. The topological polar surface area (TPSA) is 91.7 Å². The highest BCUT2D eigenvalue weighted by molar-refractivity contribution is 8.27. The lowest BCUT2D eigenvalue weighted by Crippen LogP contribution is -2.09. The summed E-state index contributed by atoms with van der Waals surface area (Å²) in [5, 5.41) is 12.7. The van der Waals surface area contributed by atoms with Gasteiger partial charge in [-0.25, -0.2) is 9.59 Å². The lowest BCUT2D eigenvalue weighted by atomic mass is 10.8. The Morgan fingerprint density at radius 1 is 1.11 bits per heavy atom. The third-order valence-corrected chi connectivity index (χ3v) is 0.889. The van der Waals surface area contributed by atoms with Crippen LogP contribution in [0.4, 0.5) is 4.79 Å². The van der Waals surface area contributed by atoms with Gasteiger partial charge in [-0.3, -0.25) is 4.79 Å². The zero-order valence-corrected chi connectivity index (χ0v) is 4.84. The first kappa shape index (κ1) is 7.96. The maximum atomic E-state index is 9.94. The molecule has 0 aromatic heterocycles. The van der Waals surface area contributed by atoms with E-state index < -0.39 is 16.4 Å². The van der Waals surface area contributed by atoms with Gasteiger partial charge in [0.15, 0.2) is 0 Å². The quantitative estimate of drug-likeness (QED) is 0.472. The number of carboxylic acids is 1. The summed E-state index contributed by atoms with van der Waals surface area (Å²) in [7, 11) is 0. The number of aliphatic carboxylic acids is 1. The van der Waals surface area contributed by atoms with Crippen LogP contribution in [-0.4, -0.2) is 26.6 Å². The molecule has 0 rings (SSSR count). The number of carboxylic acid groups (broad SMARTS) is 2. The summed E-state index contributed by atoms with van der Waals surface area (Å²) in [6.07, 6.45) is 0. The van der Waals surface area contributed by atoms with Crippen LogP contribution in [0.1, 0.15) is 0 Å². The Labute approximate surface area is 53.7 Å². The van der Waals surface area contributed by atoms with Gasteiger partial charge in [0.1, 0.15) is 0 Å². The fourth-order valence-electron chi connectivity index (χ4n) is 0.123. The lowest BCUT2D eigenvalue weighted by Gasteiger charge is -1.84. The molecule has 0 aromatic carbocycles. The van der Waals surface area contributed by atoms with Crippen LogP contribution in [-0.2, 0) is 9.59 Å². The van der Waals surface area contributed by atoms with Crippen LogP contribution in [0.2, 0.25) is 0 Å². The van der Waals surface area contributed by atoms with Gasteiger partial charge in [-0.1, -0.05) is 0 Å². The van der Waals surface area contributed by atoms with Crippen molar-refractivity contribution in [3.63, 3.8) is 0 Å². The van der Waals surface area contributed by atoms with Crippen molar-refractivity contribution in [2.75, 3.05) is 0 Å². The molecule has 2 N–H and O–H groups in total. The molecule has 0 radical (unpaired) electrons. The second kappa shape index (κ2) is 3.08. The zero-order chi connectivity index (χ0) is 7.44. The van der Waals surface area contributed by atoms with Crippen LogP contribution in [0, 0.1) is 0 Å². The van der Waals surface area contributed by atoms with Crippen molar-refractivity contribution < 1.29 is 24.6 Å². The number of carbonyl (C=O) groups is 3. The molecule has 5 nitrogen and oxygen atoms in total. The highest BCUT2D eigenvalue weighted by Gasteiger charge is 2.16. The molecule has 50 valence electrons. The number of carbonyl (C=O) groups excluding carboxylic acids is 1. The van der Waals surface area contributed by atoms with Crippen molar-refractivity contribution in [2.24, 2.45) is 0 Å². The van der Waals surface area contributed by atoms with Gasteiger partial charge >= 0.3 is 16.4 Å². The molecule has 0 unspecified atom stereocenters. The number of hydrogen-bond donors (Lipinski definition) is 2. The van der Waals surface area contributed by atoms with Gasteiger partial charge in [0.2, 0.25) is 0 Å². The molecular weight excluding hydrogens is 148 g/mol. The Hall–Kier alpha value is -1.04. The fraction of sp³-hybridized carbons (Fsp3) is 0. The van der Waals surface area contributed by atoms with E-state index in [1.807, 2.05) is 0 Å². The molecule has 0 saturated carbocycles. The summed E-state index contributed by atoms with van der Waals surface area (Å²) in [6.45, 7) is 0. The summed E-state index contributed by atoms with van der Waals surface area (Å²) in [4.78, 5) is 29.1. The molecule has 0 aliphatic carbocycles. The van der Waals surface area contributed by atoms with Gasteiger partial charge in [-0.2, -0.15) is 0 Å². The van der Waals surface area contributed by atoms with Crippen molar-refractivity contribution in [3.8, 4) is 0 Å². The lowest BCUT2D eigenvalue weighted by molar-refractivity contribution is -0.144. The minimum atomic E-state index is -1.75. The first-order valence-corrected chi connectivity index (χ1v) is 2.53. The fourth-order valence-corrected chi connectivity index (χ4v) is 0.369. The number of thioether (sulfide) groups is 1. The normalized spacial score (nSPS) is 8.44. The molecule has 0 saturated heterocycles. The molecule has 0 heterocycles. The smallest absolute Gasteiger partial charge is 0.384 e. The predicted molar refractivity (Wildman–Crippen MR) is 28.3 cm³/mol. The molecule has 0 aromatic rings. The molecule has 0 aliphatic heterocycles. The van der Waals surface area contributed by atoms with Gasteiger partial charge < -0.3 is 10.2 Å². The van der Waals surface area contributed by atoms with E-state index in [-0.39, 0.29) is 11.8 Å². The minimum Gasteiger partial charge on any atom is -0.475 e. The van der Waals surface area contributed by atoms with Gasteiger partial charge in [0.25, 0.3) is 0 Å². The van der Waals surface area contributed by atoms with E-state index >= 15 is 0 Å². The van der Waals surface area contributed by atoms with E-state index in [0.29, 0.717) is 0 Å². The molecule has 9 heavy (non-hydrogen) atoms. The van der Waals surface area contributed by atoms with Gasteiger partial charge in [0, 0.05) is 11.8 Å². The van der Waals surface area contributed by atoms with E-state index in [4.69, 9.17) is 10.2 Å². The van der Waals surface area contributed by atoms with Crippen LogP contribution in [0.25, 0.3) is 0 Å². The Balaban J connectivity index is 3.79. The Bertz CT molecular complexity index is 162. The van der Waals surface area contributed by atoms with E-state index in [9.17, 15) is 14.4 Å². The van der Waals surface area contributed by atoms with Gasteiger partial charge in [0.05, 0.1) is 0 Å². The average molecular weight is 150 g/mol. The van der Waals surface area contributed by atoms with Crippen LogP contribution < -0.4 is 0 Å². The summed E-state index contributed by atoms with van der Waals surface area (Å²) in [5.41, 5.74) is 0. The molecule has 0 amide bonds. The van der Waals surface area contributed by atoms with Crippen LogP contribution in [0.3, 0.4) is 0 Å². The Morgan fingerprint density at radius 3 is 1.67 bits per heavy atom.